The summed E-state index contributed by atoms with van der Waals surface area (Å²) in [5.74, 6) is -1.07. The third-order valence-corrected chi connectivity index (χ3v) is 2.61. The number of anilines is 1. The van der Waals surface area contributed by atoms with Crippen molar-refractivity contribution in [2.45, 2.75) is 26.2 Å². The van der Waals surface area contributed by atoms with Gasteiger partial charge in [-0.1, -0.05) is 25.5 Å². The van der Waals surface area contributed by atoms with E-state index in [1.54, 1.807) is 25.2 Å². The molecule has 0 fully saturated rings. The second kappa shape index (κ2) is 6.03. The molecular weight excluding hydrogens is 218 g/mol. The van der Waals surface area contributed by atoms with Crippen LogP contribution in [0.25, 0.3) is 0 Å². The zero-order valence-electron chi connectivity index (χ0n) is 10.1. The van der Waals surface area contributed by atoms with Gasteiger partial charge in [0.2, 0.25) is 5.91 Å². The summed E-state index contributed by atoms with van der Waals surface area (Å²) in [6.07, 6.45) is 2.21. The van der Waals surface area contributed by atoms with Gasteiger partial charge in [-0.05, 0) is 18.6 Å². The first-order valence-electron chi connectivity index (χ1n) is 5.66. The van der Waals surface area contributed by atoms with E-state index in [4.69, 9.17) is 5.11 Å². The van der Waals surface area contributed by atoms with Gasteiger partial charge in [-0.3, -0.25) is 4.79 Å². The molecule has 0 aliphatic carbocycles. The fraction of sp³-hybridized carbons (Fsp3) is 0.385. The van der Waals surface area contributed by atoms with E-state index in [1.807, 2.05) is 6.92 Å². The molecular formula is C13H17NO3. The quantitative estimate of drug-likeness (QED) is 0.853. The lowest BCUT2D eigenvalue weighted by Gasteiger charge is -2.19. The number of carbonyl (C=O) groups is 2. The van der Waals surface area contributed by atoms with Gasteiger partial charge >= 0.3 is 5.97 Å². The molecule has 1 aromatic rings. The predicted molar refractivity (Wildman–Crippen MR) is 66.3 cm³/mol. The van der Waals surface area contributed by atoms with Crippen molar-refractivity contribution in [2.75, 3.05) is 11.9 Å². The average Bonchev–Trinajstić information content (AvgIpc) is 2.34. The van der Waals surface area contributed by atoms with Gasteiger partial charge in [-0.25, -0.2) is 4.79 Å². The molecule has 0 radical (unpaired) electrons. The maximum atomic E-state index is 11.8. The molecule has 1 amide bonds. The number of amides is 1. The Bertz CT molecular complexity index is 415. The van der Waals surface area contributed by atoms with Crippen molar-refractivity contribution in [2.24, 2.45) is 0 Å². The Labute approximate surface area is 101 Å². The first-order chi connectivity index (χ1) is 8.07. The molecule has 0 aliphatic rings. The lowest BCUT2D eigenvalue weighted by Crippen LogP contribution is -2.27. The van der Waals surface area contributed by atoms with Crippen molar-refractivity contribution in [1.82, 2.24) is 0 Å². The molecule has 1 rings (SSSR count). The zero-order valence-corrected chi connectivity index (χ0v) is 10.1. The third kappa shape index (κ3) is 3.31. The molecule has 1 N–H and O–H groups in total. The van der Waals surface area contributed by atoms with Crippen molar-refractivity contribution >= 4 is 17.6 Å². The number of carboxylic acids is 1. The minimum atomic E-state index is -1.02. The maximum Gasteiger partial charge on any atom is 0.337 e. The normalized spacial score (nSPS) is 10.0. The first-order valence-corrected chi connectivity index (χ1v) is 5.66. The Morgan fingerprint density at radius 3 is 2.53 bits per heavy atom. The summed E-state index contributed by atoms with van der Waals surface area (Å²) < 4.78 is 0. The van der Waals surface area contributed by atoms with Gasteiger partial charge in [0, 0.05) is 13.5 Å². The molecule has 0 aliphatic heterocycles. The molecule has 0 unspecified atom stereocenters. The van der Waals surface area contributed by atoms with E-state index in [1.165, 1.54) is 11.0 Å². The minimum Gasteiger partial charge on any atom is -0.478 e. The van der Waals surface area contributed by atoms with E-state index in [-0.39, 0.29) is 11.5 Å². The summed E-state index contributed by atoms with van der Waals surface area (Å²) in [4.78, 5) is 24.3. The van der Waals surface area contributed by atoms with Crippen LogP contribution in [0.15, 0.2) is 24.3 Å². The summed E-state index contributed by atoms with van der Waals surface area (Å²) in [5.41, 5.74) is 0.598. The molecule has 4 heteroatoms. The minimum absolute atomic E-state index is 0.0550. The third-order valence-electron chi connectivity index (χ3n) is 2.61. The summed E-state index contributed by atoms with van der Waals surface area (Å²) in [5, 5.41) is 9.03. The summed E-state index contributed by atoms with van der Waals surface area (Å²) >= 11 is 0. The van der Waals surface area contributed by atoms with Crippen LogP contribution >= 0.6 is 0 Å². The van der Waals surface area contributed by atoms with Crippen molar-refractivity contribution in [3.05, 3.63) is 29.8 Å². The van der Waals surface area contributed by atoms with Gasteiger partial charge in [-0.15, -0.1) is 0 Å². The van der Waals surface area contributed by atoms with Crippen molar-refractivity contribution in [3.8, 4) is 0 Å². The second-order valence-electron chi connectivity index (χ2n) is 3.88. The smallest absolute Gasteiger partial charge is 0.337 e. The molecule has 0 spiro atoms. The molecule has 0 saturated heterocycles. The number of para-hydroxylation sites is 1. The lowest BCUT2D eigenvalue weighted by molar-refractivity contribution is -0.118. The summed E-state index contributed by atoms with van der Waals surface area (Å²) in [7, 11) is 1.61. The van der Waals surface area contributed by atoms with Crippen molar-refractivity contribution < 1.29 is 14.7 Å². The highest BCUT2D eigenvalue weighted by atomic mass is 16.4. The second-order valence-corrected chi connectivity index (χ2v) is 3.88. The fourth-order valence-electron chi connectivity index (χ4n) is 1.58. The van der Waals surface area contributed by atoms with Gasteiger partial charge in [-0.2, -0.15) is 0 Å². The lowest BCUT2D eigenvalue weighted by atomic mass is 10.1. The van der Waals surface area contributed by atoms with E-state index in [0.717, 1.165) is 12.8 Å². The Morgan fingerprint density at radius 1 is 1.29 bits per heavy atom. The molecule has 0 aromatic heterocycles. The molecule has 92 valence electrons. The number of hydrogen-bond donors (Lipinski definition) is 1. The number of carboxylic acid groups (broad SMARTS) is 1. The van der Waals surface area contributed by atoms with Crippen LogP contribution in [0.5, 0.6) is 0 Å². The fourth-order valence-corrected chi connectivity index (χ4v) is 1.58. The van der Waals surface area contributed by atoms with E-state index in [0.29, 0.717) is 12.1 Å². The molecule has 0 saturated carbocycles. The van der Waals surface area contributed by atoms with Crippen LogP contribution in [0.2, 0.25) is 0 Å². The van der Waals surface area contributed by atoms with E-state index < -0.39 is 5.97 Å². The van der Waals surface area contributed by atoms with Gasteiger partial charge in [0.15, 0.2) is 0 Å². The Balaban J connectivity index is 2.91. The van der Waals surface area contributed by atoms with E-state index in [9.17, 15) is 9.59 Å². The van der Waals surface area contributed by atoms with Gasteiger partial charge in [0.25, 0.3) is 0 Å². The number of benzene rings is 1. The first kappa shape index (κ1) is 13.2. The molecule has 4 nitrogen and oxygen atoms in total. The average molecular weight is 235 g/mol. The number of carbonyl (C=O) groups excluding carboxylic acids is 1. The molecule has 0 heterocycles. The number of hydrogen-bond acceptors (Lipinski definition) is 2. The summed E-state index contributed by atoms with van der Waals surface area (Å²) in [6.45, 7) is 2.01. The van der Waals surface area contributed by atoms with E-state index >= 15 is 0 Å². The Hall–Kier alpha value is -1.84. The zero-order chi connectivity index (χ0) is 12.8. The van der Waals surface area contributed by atoms with Crippen molar-refractivity contribution in [1.29, 1.82) is 0 Å². The number of aromatic carboxylic acids is 1. The maximum absolute atomic E-state index is 11.8. The van der Waals surface area contributed by atoms with Crippen LogP contribution in [0.4, 0.5) is 5.69 Å². The Kier molecular flexibility index (Phi) is 4.69. The largest absolute Gasteiger partial charge is 0.478 e. The van der Waals surface area contributed by atoms with Crippen molar-refractivity contribution in [3.63, 3.8) is 0 Å². The number of nitrogens with zero attached hydrogens (tertiary/aromatic N) is 1. The summed E-state index contributed by atoms with van der Waals surface area (Å²) in [6, 6.07) is 6.53. The molecule has 0 bridgehead atoms. The van der Waals surface area contributed by atoms with Gasteiger partial charge < -0.3 is 10.0 Å². The standard InChI is InChI=1S/C13H17NO3/c1-3-4-9-12(15)14(2)11-8-6-5-7-10(11)13(16)17/h5-8H,3-4,9H2,1-2H3,(H,16,17). The molecule has 0 atom stereocenters. The highest BCUT2D eigenvalue weighted by Crippen LogP contribution is 2.20. The number of rotatable bonds is 5. The monoisotopic (exact) mass is 235 g/mol. The predicted octanol–water partition coefficient (Wildman–Crippen LogP) is 2.54. The molecule has 1 aromatic carbocycles. The van der Waals surface area contributed by atoms with Crippen LogP contribution in [-0.2, 0) is 4.79 Å². The molecule has 17 heavy (non-hydrogen) atoms. The van der Waals surface area contributed by atoms with Gasteiger partial charge in [0.1, 0.15) is 0 Å². The van der Waals surface area contributed by atoms with Crippen LogP contribution in [0.1, 0.15) is 36.5 Å². The number of unbranched alkanes of at least 4 members (excludes halogenated alkanes) is 1. The topological polar surface area (TPSA) is 57.6 Å². The van der Waals surface area contributed by atoms with Gasteiger partial charge in [0.05, 0.1) is 11.3 Å². The highest BCUT2D eigenvalue weighted by molar-refractivity contribution is 6.01. The van der Waals surface area contributed by atoms with Crippen LogP contribution in [0.3, 0.4) is 0 Å². The Morgan fingerprint density at radius 2 is 1.94 bits per heavy atom. The van der Waals surface area contributed by atoms with Crippen LogP contribution in [-0.4, -0.2) is 24.0 Å². The van der Waals surface area contributed by atoms with Crippen LogP contribution < -0.4 is 4.90 Å². The van der Waals surface area contributed by atoms with Crippen LogP contribution in [0, 0.1) is 0 Å². The highest BCUT2D eigenvalue weighted by Gasteiger charge is 2.16. The van der Waals surface area contributed by atoms with E-state index in [2.05, 4.69) is 0 Å². The SMILES string of the molecule is CCCCC(=O)N(C)c1ccccc1C(=O)O.